The smallest absolute Gasteiger partial charge is 0.278 e. The molecule has 3 aromatic rings. The first-order valence-electron chi connectivity index (χ1n) is 12.4. The average molecular weight is 465 g/mol. The molecule has 34 heavy (non-hydrogen) atoms. The Labute approximate surface area is 200 Å². The molecule has 0 bridgehead atoms. The van der Waals surface area contributed by atoms with Crippen LogP contribution in [0.25, 0.3) is 16.6 Å². The fourth-order valence-corrected chi connectivity index (χ4v) is 4.97. The fourth-order valence-electron chi connectivity index (χ4n) is 4.97. The van der Waals surface area contributed by atoms with Crippen molar-refractivity contribution >= 4 is 16.8 Å². The predicted molar refractivity (Wildman–Crippen MR) is 134 cm³/mol. The van der Waals surface area contributed by atoms with Gasteiger partial charge in [-0.1, -0.05) is 37.5 Å². The number of fused-ring (bicyclic) bond motifs is 1. The van der Waals surface area contributed by atoms with Gasteiger partial charge in [-0.2, -0.15) is 10.2 Å². The molecular formula is C26H36N6O2. The number of hydrogen-bond acceptors (Lipinski definition) is 5. The van der Waals surface area contributed by atoms with Gasteiger partial charge in [0.05, 0.1) is 22.5 Å². The van der Waals surface area contributed by atoms with E-state index in [0.29, 0.717) is 29.2 Å². The van der Waals surface area contributed by atoms with Crippen LogP contribution in [0.1, 0.15) is 62.9 Å². The number of carbonyl (C=O) groups excluding carboxylic acids is 1. The molecule has 1 aliphatic carbocycles. The van der Waals surface area contributed by atoms with Gasteiger partial charge in [-0.25, -0.2) is 9.36 Å². The summed E-state index contributed by atoms with van der Waals surface area (Å²) in [6, 6.07) is 9.67. The van der Waals surface area contributed by atoms with Gasteiger partial charge in [-0.3, -0.25) is 9.59 Å². The van der Waals surface area contributed by atoms with Crippen LogP contribution < -0.4 is 10.9 Å². The highest BCUT2D eigenvalue weighted by Gasteiger charge is 2.23. The molecular weight excluding hydrogens is 428 g/mol. The third-order valence-electron chi connectivity index (χ3n) is 7.07. The topological polar surface area (TPSA) is 85.0 Å². The number of para-hydroxylation sites is 1. The zero-order chi connectivity index (χ0) is 24.2. The molecule has 182 valence electrons. The van der Waals surface area contributed by atoms with Crippen molar-refractivity contribution in [2.45, 2.75) is 71.4 Å². The molecule has 0 unspecified atom stereocenters. The largest absolute Gasteiger partial charge is 0.354 e. The lowest BCUT2D eigenvalue weighted by molar-refractivity contribution is -0.124. The van der Waals surface area contributed by atoms with Crippen LogP contribution in [0.15, 0.2) is 35.1 Å². The Kier molecular flexibility index (Phi) is 7.46. The van der Waals surface area contributed by atoms with Gasteiger partial charge in [0.15, 0.2) is 0 Å². The highest BCUT2D eigenvalue weighted by atomic mass is 16.2. The summed E-state index contributed by atoms with van der Waals surface area (Å²) in [6.07, 6.45) is 7.42. The molecule has 1 amide bonds. The van der Waals surface area contributed by atoms with E-state index in [9.17, 15) is 9.59 Å². The Morgan fingerprint density at radius 1 is 1.15 bits per heavy atom. The van der Waals surface area contributed by atoms with E-state index < -0.39 is 6.04 Å². The van der Waals surface area contributed by atoms with Crippen molar-refractivity contribution in [3.05, 3.63) is 52.1 Å². The van der Waals surface area contributed by atoms with E-state index in [2.05, 4.69) is 27.5 Å². The highest BCUT2D eigenvalue weighted by molar-refractivity contribution is 5.84. The van der Waals surface area contributed by atoms with Gasteiger partial charge in [0.1, 0.15) is 11.6 Å². The highest BCUT2D eigenvalue weighted by Crippen LogP contribution is 2.22. The molecule has 0 radical (unpaired) electrons. The molecule has 0 aliphatic heterocycles. The summed E-state index contributed by atoms with van der Waals surface area (Å²) in [4.78, 5) is 28.6. The molecule has 2 aromatic heterocycles. The second-order valence-corrected chi connectivity index (χ2v) is 9.48. The maximum Gasteiger partial charge on any atom is 0.278 e. The van der Waals surface area contributed by atoms with Gasteiger partial charge in [0, 0.05) is 12.6 Å². The minimum Gasteiger partial charge on any atom is -0.354 e. The van der Waals surface area contributed by atoms with Gasteiger partial charge in [0.25, 0.3) is 5.56 Å². The van der Waals surface area contributed by atoms with E-state index in [0.717, 1.165) is 24.3 Å². The summed E-state index contributed by atoms with van der Waals surface area (Å²) in [5.41, 5.74) is 2.52. The Balaban J connectivity index is 1.45. The lowest BCUT2D eigenvalue weighted by atomic mass is 9.94. The fraction of sp³-hybridized carbons (Fsp3) is 0.538. The van der Waals surface area contributed by atoms with E-state index in [-0.39, 0.29) is 11.5 Å². The first-order valence-corrected chi connectivity index (χ1v) is 12.4. The molecule has 4 rings (SSSR count). The summed E-state index contributed by atoms with van der Waals surface area (Å²) < 4.78 is 3.06. The van der Waals surface area contributed by atoms with Crippen LogP contribution in [0.5, 0.6) is 0 Å². The summed E-state index contributed by atoms with van der Waals surface area (Å²) in [5, 5.41) is 12.6. The van der Waals surface area contributed by atoms with Crippen molar-refractivity contribution in [1.82, 2.24) is 29.8 Å². The molecule has 0 saturated heterocycles. The number of rotatable bonds is 8. The predicted octanol–water partition coefficient (Wildman–Crippen LogP) is 3.53. The van der Waals surface area contributed by atoms with Crippen LogP contribution in [0.2, 0.25) is 0 Å². The monoisotopic (exact) mass is 464 g/mol. The van der Waals surface area contributed by atoms with E-state index >= 15 is 0 Å². The zero-order valence-corrected chi connectivity index (χ0v) is 20.8. The third kappa shape index (κ3) is 4.92. The Bertz CT molecular complexity index is 1190. The number of aryl methyl sites for hydroxylation is 2. The quantitative estimate of drug-likeness (QED) is 0.516. The summed E-state index contributed by atoms with van der Waals surface area (Å²) in [6.45, 7) is 6.97. The molecule has 8 heteroatoms. The summed E-state index contributed by atoms with van der Waals surface area (Å²) >= 11 is 0. The van der Waals surface area contributed by atoms with Crippen molar-refractivity contribution in [3.63, 3.8) is 0 Å². The van der Waals surface area contributed by atoms with Crippen LogP contribution in [0.4, 0.5) is 0 Å². The number of benzene rings is 1. The minimum atomic E-state index is -0.703. The van der Waals surface area contributed by atoms with E-state index in [1.54, 1.807) is 11.6 Å². The lowest BCUT2D eigenvalue weighted by Gasteiger charge is -2.31. The average Bonchev–Trinajstić information content (AvgIpc) is 3.22. The van der Waals surface area contributed by atoms with Crippen LogP contribution in [0.3, 0.4) is 0 Å². The van der Waals surface area contributed by atoms with Crippen LogP contribution in [-0.2, 0) is 4.79 Å². The first kappa shape index (κ1) is 24.1. The van der Waals surface area contributed by atoms with Gasteiger partial charge < -0.3 is 10.2 Å². The standard InChI is InChI=1S/C26H36N6O2/c1-18-24-23(19(2)31(29-24)22-14-9-6-10-15-22)26(34)32(28-18)20(3)25(33)27-16-11-17-30(4)21-12-7-5-8-13-21/h6,9-10,14-15,20-21H,5,7-8,11-13,16-17H2,1-4H3,(H,27,33)/t20-/m0/s1. The summed E-state index contributed by atoms with van der Waals surface area (Å²) in [5.74, 6) is -0.193. The van der Waals surface area contributed by atoms with Crippen molar-refractivity contribution in [1.29, 1.82) is 0 Å². The number of aromatic nitrogens is 4. The molecule has 2 heterocycles. The van der Waals surface area contributed by atoms with Crippen LogP contribution >= 0.6 is 0 Å². The third-order valence-corrected chi connectivity index (χ3v) is 7.07. The summed E-state index contributed by atoms with van der Waals surface area (Å²) in [7, 11) is 2.18. The maximum atomic E-state index is 13.3. The molecule has 1 aliphatic rings. The number of nitrogens with zero attached hydrogens (tertiary/aromatic N) is 5. The van der Waals surface area contributed by atoms with Crippen molar-refractivity contribution in [2.75, 3.05) is 20.1 Å². The van der Waals surface area contributed by atoms with Gasteiger partial charge in [-0.15, -0.1) is 0 Å². The van der Waals surface area contributed by atoms with E-state index in [4.69, 9.17) is 0 Å². The molecule has 1 N–H and O–H groups in total. The molecule has 1 fully saturated rings. The van der Waals surface area contributed by atoms with Gasteiger partial charge in [0.2, 0.25) is 5.91 Å². The second kappa shape index (κ2) is 10.5. The Morgan fingerprint density at radius 2 is 1.85 bits per heavy atom. The second-order valence-electron chi connectivity index (χ2n) is 9.48. The van der Waals surface area contributed by atoms with Gasteiger partial charge in [-0.05, 0) is 65.8 Å². The number of hydrogen-bond donors (Lipinski definition) is 1. The Morgan fingerprint density at radius 3 is 2.56 bits per heavy atom. The Hall–Kier alpha value is -3.00. The van der Waals surface area contributed by atoms with Crippen LogP contribution in [0, 0.1) is 13.8 Å². The van der Waals surface area contributed by atoms with Crippen molar-refractivity contribution in [3.8, 4) is 5.69 Å². The molecule has 1 atom stereocenters. The first-order chi connectivity index (χ1) is 16.4. The number of carbonyl (C=O) groups is 1. The van der Waals surface area contributed by atoms with Crippen molar-refractivity contribution in [2.24, 2.45) is 0 Å². The zero-order valence-electron chi connectivity index (χ0n) is 20.8. The molecule has 1 aromatic carbocycles. The molecule has 8 nitrogen and oxygen atoms in total. The molecule has 0 spiro atoms. The van der Waals surface area contributed by atoms with Crippen molar-refractivity contribution < 1.29 is 4.79 Å². The van der Waals surface area contributed by atoms with E-state index in [1.165, 1.54) is 36.8 Å². The number of amides is 1. The SMILES string of the molecule is Cc1nn([C@@H](C)C(=O)NCCCN(C)C2CCCCC2)c(=O)c2c(C)n(-c3ccccc3)nc12. The van der Waals surface area contributed by atoms with Crippen LogP contribution in [-0.4, -0.2) is 56.5 Å². The minimum absolute atomic E-state index is 0.193. The lowest BCUT2D eigenvalue weighted by Crippen LogP contribution is -2.39. The normalized spacial score (nSPS) is 15.7. The maximum absolute atomic E-state index is 13.3. The molecule has 1 saturated carbocycles. The van der Waals surface area contributed by atoms with E-state index in [1.807, 2.05) is 44.2 Å². The number of nitrogens with one attached hydrogen (secondary N) is 1. The van der Waals surface area contributed by atoms with Gasteiger partial charge >= 0.3 is 0 Å².